The molecule has 0 aliphatic carbocycles. The van der Waals surface area contributed by atoms with Crippen molar-refractivity contribution in [3.05, 3.63) is 0 Å². The maximum Gasteiger partial charge on any atom is 0.0933 e. The highest BCUT2D eigenvalue weighted by atomic mass is 16.3. The number of hydrogen-bond acceptors (Lipinski definition) is 3. The lowest BCUT2D eigenvalue weighted by Gasteiger charge is -2.09. The van der Waals surface area contributed by atoms with E-state index >= 15 is 0 Å². The fourth-order valence-corrected chi connectivity index (χ4v) is 0.853. The van der Waals surface area contributed by atoms with Crippen molar-refractivity contribution in [3.8, 4) is 0 Å². The molecule has 0 heterocycles. The lowest BCUT2D eigenvalue weighted by molar-refractivity contribution is 0.240. The molecule has 0 saturated carbocycles. The van der Waals surface area contributed by atoms with Crippen LogP contribution in [0.5, 0.6) is 0 Å². The van der Waals surface area contributed by atoms with Crippen molar-refractivity contribution in [2.45, 2.75) is 32.2 Å². The molecular weight excluding hydrogens is 128 g/mol. The summed E-state index contributed by atoms with van der Waals surface area (Å²) in [6.45, 7) is 2.91. The van der Waals surface area contributed by atoms with Crippen LogP contribution in [0.1, 0.15) is 26.2 Å². The third-order valence-corrected chi connectivity index (χ3v) is 1.53. The van der Waals surface area contributed by atoms with Crippen molar-refractivity contribution in [2.24, 2.45) is 5.73 Å². The van der Waals surface area contributed by atoms with Gasteiger partial charge in [0.05, 0.1) is 6.73 Å². The molecule has 3 heteroatoms. The maximum atomic E-state index is 8.46. The Morgan fingerprint density at radius 1 is 1.50 bits per heavy atom. The molecular formula is C7H18N2O. The van der Waals surface area contributed by atoms with Crippen molar-refractivity contribution in [2.75, 3.05) is 13.3 Å². The molecule has 10 heavy (non-hydrogen) atoms. The zero-order valence-electron chi connectivity index (χ0n) is 6.64. The van der Waals surface area contributed by atoms with Gasteiger partial charge in [-0.3, -0.25) is 5.32 Å². The minimum Gasteiger partial charge on any atom is -0.381 e. The summed E-state index contributed by atoms with van der Waals surface area (Å²) in [4.78, 5) is 0. The van der Waals surface area contributed by atoms with Gasteiger partial charge in [0.15, 0.2) is 0 Å². The van der Waals surface area contributed by atoms with Crippen LogP contribution in [0.15, 0.2) is 0 Å². The molecule has 1 atom stereocenters. The molecule has 0 spiro atoms. The van der Waals surface area contributed by atoms with E-state index < -0.39 is 0 Å². The van der Waals surface area contributed by atoms with Gasteiger partial charge in [-0.25, -0.2) is 0 Å². The Hall–Kier alpha value is -0.120. The second-order valence-corrected chi connectivity index (χ2v) is 2.55. The summed E-state index contributed by atoms with van der Waals surface area (Å²) >= 11 is 0. The number of hydrogen-bond donors (Lipinski definition) is 3. The zero-order valence-corrected chi connectivity index (χ0v) is 6.64. The molecule has 0 saturated heterocycles. The lowest BCUT2D eigenvalue weighted by atomic mass is 10.1. The highest BCUT2D eigenvalue weighted by Crippen LogP contribution is 1.97. The molecule has 0 radical (unpaired) electrons. The van der Waals surface area contributed by atoms with Crippen molar-refractivity contribution < 1.29 is 5.11 Å². The van der Waals surface area contributed by atoms with E-state index in [1.165, 1.54) is 0 Å². The van der Waals surface area contributed by atoms with E-state index in [4.69, 9.17) is 10.8 Å². The minimum atomic E-state index is 0.0732. The van der Waals surface area contributed by atoms with E-state index in [1.54, 1.807) is 0 Å². The van der Waals surface area contributed by atoms with Gasteiger partial charge in [0, 0.05) is 6.04 Å². The standard InChI is InChI=1S/C7H18N2O/c1-7(9-6-10)4-2-3-5-8/h7,9-10H,2-6,8H2,1H3/t7-/m0/s1. The fraction of sp³-hybridized carbons (Fsp3) is 1.00. The maximum absolute atomic E-state index is 8.46. The molecule has 0 fully saturated rings. The summed E-state index contributed by atoms with van der Waals surface area (Å²) in [7, 11) is 0. The number of aliphatic hydroxyl groups is 1. The quantitative estimate of drug-likeness (QED) is 0.366. The zero-order chi connectivity index (χ0) is 7.82. The second kappa shape index (κ2) is 6.99. The van der Waals surface area contributed by atoms with Crippen molar-refractivity contribution in [1.82, 2.24) is 5.32 Å². The summed E-state index contributed by atoms with van der Waals surface area (Å²) in [6.07, 6.45) is 3.32. The second-order valence-electron chi connectivity index (χ2n) is 2.55. The molecule has 0 aromatic heterocycles. The normalized spacial score (nSPS) is 13.5. The summed E-state index contributed by atoms with van der Waals surface area (Å²) in [6, 6.07) is 0.413. The number of nitrogens with one attached hydrogen (secondary N) is 1. The van der Waals surface area contributed by atoms with E-state index in [-0.39, 0.29) is 6.73 Å². The third-order valence-electron chi connectivity index (χ3n) is 1.53. The van der Waals surface area contributed by atoms with Gasteiger partial charge >= 0.3 is 0 Å². The summed E-state index contributed by atoms with van der Waals surface area (Å²) in [5.41, 5.74) is 5.32. The van der Waals surface area contributed by atoms with Gasteiger partial charge in [-0.05, 0) is 26.3 Å². The molecule has 0 aromatic carbocycles. The predicted molar refractivity (Wildman–Crippen MR) is 42.6 cm³/mol. The van der Waals surface area contributed by atoms with Gasteiger partial charge in [0.2, 0.25) is 0 Å². The predicted octanol–water partition coefficient (Wildman–Crippen LogP) is 0.0433. The first kappa shape index (κ1) is 9.88. The van der Waals surface area contributed by atoms with Gasteiger partial charge in [-0.1, -0.05) is 6.42 Å². The first-order valence-electron chi connectivity index (χ1n) is 3.85. The minimum absolute atomic E-state index is 0.0732. The molecule has 0 aromatic rings. The van der Waals surface area contributed by atoms with Crippen LogP contribution in [0.4, 0.5) is 0 Å². The Balaban J connectivity index is 2.97. The third kappa shape index (κ3) is 6.01. The average Bonchev–Trinajstić information content (AvgIpc) is 1.89. The summed E-state index contributed by atoms with van der Waals surface area (Å²) in [5.74, 6) is 0. The largest absolute Gasteiger partial charge is 0.381 e. The van der Waals surface area contributed by atoms with Gasteiger partial charge in [-0.2, -0.15) is 0 Å². The van der Waals surface area contributed by atoms with Crippen molar-refractivity contribution in [3.63, 3.8) is 0 Å². The Morgan fingerprint density at radius 2 is 2.20 bits per heavy atom. The molecule has 0 amide bonds. The van der Waals surface area contributed by atoms with E-state index in [9.17, 15) is 0 Å². The van der Waals surface area contributed by atoms with Crippen LogP contribution in [-0.4, -0.2) is 24.4 Å². The van der Waals surface area contributed by atoms with E-state index in [2.05, 4.69) is 12.2 Å². The average molecular weight is 146 g/mol. The van der Waals surface area contributed by atoms with Crippen LogP contribution in [0.3, 0.4) is 0 Å². The smallest absolute Gasteiger partial charge is 0.0933 e. The topological polar surface area (TPSA) is 58.3 Å². The van der Waals surface area contributed by atoms with Crippen LogP contribution in [0, 0.1) is 0 Å². The molecule has 0 rings (SSSR count). The van der Waals surface area contributed by atoms with Crippen LogP contribution in [0.2, 0.25) is 0 Å². The first-order chi connectivity index (χ1) is 4.81. The number of rotatable bonds is 6. The Labute approximate surface area is 62.6 Å². The van der Waals surface area contributed by atoms with Crippen LogP contribution in [-0.2, 0) is 0 Å². The molecule has 62 valence electrons. The van der Waals surface area contributed by atoms with E-state index in [0.29, 0.717) is 6.04 Å². The summed E-state index contributed by atoms with van der Waals surface area (Å²) < 4.78 is 0. The lowest BCUT2D eigenvalue weighted by Crippen LogP contribution is -2.26. The van der Waals surface area contributed by atoms with Crippen LogP contribution in [0.25, 0.3) is 0 Å². The monoisotopic (exact) mass is 146 g/mol. The van der Waals surface area contributed by atoms with Gasteiger partial charge in [0.25, 0.3) is 0 Å². The molecule has 0 unspecified atom stereocenters. The van der Waals surface area contributed by atoms with E-state index in [0.717, 1.165) is 25.8 Å². The Bertz CT molecular complexity index is 68.6. The number of unbranched alkanes of at least 4 members (excludes halogenated alkanes) is 1. The number of aliphatic hydroxyl groups excluding tert-OH is 1. The first-order valence-corrected chi connectivity index (χ1v) is 3.85. The molecule has 0 aliphatic heterocycles. The SMILES string of the molecule is C[C@@H](CCCCN)NCO. The highest BCUT2D eigenvalue weighted by Gasteiger charge is 1.97. The van der Waals surface area contributed by atoms with Gasteiger partial charge in [0.1, 0.15) is 0 Å². The number of nitrogens with two attached hydrogens (primary N) is 1. The Morgan fingerprint density at radius 3 is 2.70 bits per heavy atom. The van der Waals surface area contributed by atoms with Crippen LogP contribution >= 0.6 is 0 Å². The van der Waals surface area contributed by atoms with Crippen molar-refractivity contribution >= 4 is 0 Å². The van der Waals surface area contributed by atoms with Crippen LogP contribution < -0.4 is 11.1 Å². The molecule has 0 aliphatic rings. The molecule has 3 nitrogen and oxygen atoms in total. The van der Waals surface area contributed by atoms with Gasteiger partial charge in [-0.15, -0.1) is 0 Å². The molecule has 0 bridgehead atoms. The van der Waals surface area contributed by atoms with E-state index in [1.807, 2.05) is 0 Å². The molecule has 4 N–H and O–H groups in total. The van der Waals surface area contributed by atoms with Gasteiger partial charge < -0.3 is 10.8 Å². The fourth-order valence-electron chi connectivity index (χ4n) is 0.853. The van der Waals surface area contributed by atoms with Crippen molar-refractivity contribution in [1.29, 1.82) is 0 Å². The summed E-state index contributed by atoms with van der Waals surface area (Å²) in [5, 5.41) is 11.4. The Kier molecular flexibility index (Phi) is 6.91. The highest BCUT2D eigenvalue weighted by molar-refractivity contribution is 4.57.